The third-order valence-electron chi connectivity index (χ3n) is 11.3. The van der Waals surface area contributed by atoms with Crippen molar-refractivity contribution in [3.8, 4) is 0 Å². The highest BCUT2D eigenvalue weighted by molar-refractivity contribution is 9.11. The molecule has 0 bridgehead atoms. The Morgan fingerprint density at radius 1 is 0.529 bits per heavy atom. The van der Waals surface area contributed by atoms with Crippen LogP contribution in [0.3, 0.4) is 0 Å². The van der Waals surface area contributed by atoms with Crippen molar-refractivity contribution in [1.29, 1.82) is 0 Å². The van der Waals surface area contributed by atoms with Gasteiger partial charge in [0.1, 0.15) is 9.22 Å². The first-order valence-corrected chi connectivity index (χ1v) is 28.2. The summed E-state index contributed by atoms with van der Waals surface area (Å²) in [7, 11) is -3.65. The van der Waals surface area contributed by atoms with Gasteiger partial charge < -0.3 is 5.73 Å². The van der Waals surface area contributed by atoms with E-state index in [1.165, 1.54) is 68.4 Å². The van der Waals surface area contributed by atoms with Crippen LogP contribution in [-0.4, -0.2) is 23.4 Å². The first-order chi connectivity index (χ1) is 33.6. The highest BCUT2D eigenvalue weighted by atomic mass is 79.9. The minimum absolute atomic E-state index is 0. The number of rotatable bonds is 7. The van der Waals surface area contributed by atoms with Gasteiger partial charge in [0, 0.05) is 21.7 Å². The topological polar surface area (TPSA) is 98.8 Å². The van der Waals surface area contributed by atoms with Gasteiger partial charge in [0.25, 0.3) is 0 Å². The van der Waals surface area contributed by atoms with E-state index in [0.717, 1.165) is 54.4 Å². The molecule has 70 heavy (non-hydrogen) atoms. The van der Waals surface area contributed by atoms with Gasteiger partial charge in [-0.3, -0.25) is 0 Å². The summed E-state index contributed by atoms with van der Waals surface area (Å²) in [6.07, 6.45) is 7.27. The predicted octanol–water partition coefficient (Wildman–Crippen LogP) is 17.1. The summed E-state index contributed by atoms with van der Waals surface area (Å²) in [5, 5.41) is 16.9. The number of halogens is 2. The smallest absolute Gasteiger partial charge is 0.218 e. The molecule has 0 aliphatic carbocycles. The van der Waals surface area contributed by atoms with Crippen LogP contribution in [0.1, 0.15) is 28.9 Å². The zero-order valence-electron chi connectivity index (χ0n) is 38.0. The van der Waals surface area contributed by atoms with Crippen LogP contribution < -0.4 is 5.73 Å². The fourth-order valence-corrected chi connectivity index (χ4v) is 14.4. The molecule has 12 rings (SSSR count). The lowest BCUT2D eigenvalue weighted by molar-refractivity contribution is 0.599. The van der Waals surface area contributed by atoms with Crippen LogP contribution in [0.15, 0.2) is 209 Å². The number of sulfone groups is 1. The number of benzene rings is 9. The summed E-state index contributed by atoms with van der Waals surface area (Å²) < 4.78 is 28.9. The van der Waals surface area contributed by atoms with Crippen LogP contribution in [-0.2, 0) is 29.2 Å². The van der Waals surface area contributed by atoms with E-state index in [1.54, 1.807) is 28.7 Å². The van der Waals surface area contributed by atoms with E-state index < -0.39 is 9.84 Å². The fourth-order valence-electron chi connectivity index (χ4n) is 8.07. The Kier molecular flexibility index (Phi) is 17.1. The first-order valence-electron chi connectivity index (χ1n) is 22.2. The molecule has 14 heteroatoms. The van der Waals surface area contributed by atoms with E-state index in [4.69, 9.17) is 5.73 Å². The molecule has 3 aromatic heterocycles. The monoisotopic (exact) mass is 1110 g/mol. The maximum Gasteiger partial charge on any atom is 0.218 e. The van der Waals surface area contributed by atoms with Crippen molar-refractivity contribution in [1.82, 2.24) is 15.0 Å². The molecule has 0 saturated heterocycles. The Hall–Kier alpha value is -5.19. The first kappa shape index (κ1) is 51.2. The summed E-state index contributed by atoms with van der Waals surface area (Å²) in [5.74, 6) is 0. The number of aromatic nitrogens is 3. The van der Waals surface area contributed by atoms with Crippen LogP contribution in [0.4, 0.5) is 0 Å². The normalized spacial score (nSPS) is 11.2. The SMILES string of the molecule is CCc1ncc(Br)s1.CCc1ncc(Sc2cc3ccccc3c3ccccc23)s1.Cl.NCc1ncc(S(=O)(=O)c2cc3ccccc3c3ccccc23)s1.Sc1cc2ccccc2c2ccccc12. The Bertz CT molecular complexity index is 3870. The summed E-state index contributed by atoms with van der Waals surface area (Å²) in [6.45, 7) is 4.49. The van der Waals surface area contributed by atoms with E-state index in [-0.39, 0.29) is 23.2 Å². The Labute approximate surface area is 443 Å². The van der Waals surface area contributed by atoms with Crippen molar-refractivity contribution < 1.29 is 8.42 Å². The lowest BCUT2D eigenvalue weighted by Crippen LogP contribution is -2.01. The zero-order chi connectivity index (χ0) is 47.9. The molecule has 0 unspecified atom stereocenters. The van der Waals surface area contributed by atoms with E-state index in [2.05, 4.69) is 167 Å². The van der Waals surface area contributed by atoms with Gasteiger partial charge in [-0.2, -0.15) is 0 Å². The third kappa shape index (κ3) is 11.3. The van der Waals surface area contributed by atoms with Gasteiger partial charge in [0.05, 0.1) is 41.5 Å². The zero-order valence-corrected chi connectivity index (χ0v) is 45.3. The van der Waals surface area contributed by atoms with Crippen LogP contribution in [0, 0.1) is 0 Å². The Morgan fingerprint density at radius 3 is 1.49 bits per heavy atom. The quantitative estimate of drug-likeness (QED) is 0.121. The summed E-state index contributed by atoms with van der Waals surface area (Å²) in [5.41, 5.74) is 5.56. The van der Waals surface area contributed by atoms with Crippen molar-refractivity contribution in [3.63, 3.8) is 0 Å². The van der Waals surface area contributed by atoms with Gasteiger partial charge in [-0.25, -0.2) is 23.4 Å². The molecule has 0 saturated carbocycles. The van der Waals surface area contributed by atoms with E-state index >= 15 is 0 Å². The van der Waals surface area contributed by atoms with Gasteiger partial charge in [-0.15, -0.1) is 59.0 Å². The molecular weight excluding hydrogens is 1070 g/mol. The van der Waals surface area contributed by atoms with Crippen LogP contribution in [0.2, 0.25) is 0 Å². The number of nitrogens with two attached hydrogens (primary N) is 1. The summed E-state index contributed by atoms with van der Waals surface area (Å²) >= 11 is 14.3. The van der Waals surface area contributed by atoms with Gasteiger partial charge >= 0.3 is 0 Å². The number of nitrogens with zero attached hydrogens (tertiary/aromatic N) is 3. The van der Waals surface area contributed by atoms with E-state index in [1.807, 2.05) is 72.7 Å². The van der Waals surface area contributed by atoms with Crippen LogP contribution >= 0.6 is 86.7 Å². The molecule has 6 nitrogen and oxygen atoms in total. The second-order valence-corrected chi connectivity index (χ2v) is 24.4. The molecule has 3 heterocycles. The standard InChI is InChI=1S/C19H15NS2.C18H14N2O2S2.C14H10S.C5H6BrNS.ClH/c1-2-18-20-12-19(22-18)21-17-11-13-7-3-4-8-14(13)15-9-5-6-10-16(15)17;19-10-17-20-11-18(23-17)24(21,22)16-9-12-5-1-2-6-13(12)14-7-3-4-8-15(14)16;15-14-9-10-5-1-2-6-11(10)12-7-3-4-8-13(12)14;1-2-5-7-3-4(6)8-5;/h3-12H,2H2,1H3;1-9,11H,10,19H2;1-9,15H;3H,2H2,1H3;1H. The molecule has 352 valence electrons. The van der Waals surface area contributed by atoms with Crippen molar-refractivity contribution in [2.75, 3.05) is 0 Å². The number of hydrogen-bond donors (Lipinski definition) is 2. The molecule has 12 aromatic rings. The molecule has 0 aliphatic heterocycles. The molecule has 0 aliphatic rings. The number of thiazole rings is 3. The Morgan fingerprint density at radius 2 is 0.971 bits per heavy atom. The predicted molar refractivity (Wildman–Crippen MR) is 309 cm³/mol. The van der Waals surface area contributed by atoms with Crippen molar-refractivity contribution in [3.05, 3.63) is 201 Å². The van der Waals surface area contributed by atoms with Crippen LogP contribution in [0.5, 0.6) is 0 Å². The Balaban J connectivity index is 0.000000132. The van der Waals surface area contributed by atoms with Crippen molar-refractivity contribution >= 4 is 161 Å². The van der Waals surface area contributed by atoms with Gasteiger partial charge in [-0.05, 0) is 106 Å². The molecule has 0 radical (unpaired) electrons. The molecule has 2 N–H and O–H groups in total. The van der Waals surface area contributed by atoms with Gasteiger partial charge in [0.15, 0.2) is 0 Å². The van der Waals surface area contributed by atoms with Gasteiger partial charge in [-0.1, -0.05) is 171 Å². The second-order valence-electron chi connectivity index (χ2n) is 15.7. The number of aryl methyl sites for hydroxylation is 2. The molecule has 0 atom stereocenters. The van der Waals surface area contributed by atoms with E-state index in [9.17, 15) is 8.42 Å². The van der Waals surface area contributed by atoms with Crippen molar-refractivity contribution in [2.45, 2.75) is 56.3 Å². The summed E-state index contributed by atoms with van der Waals surface area (Å²) in [4.78, 5) is 15.3. The largest absolute Gasteiger partial charge is 0.325 e. The average Bonchev–Trinajstić information content (AvgIpc) is 4.19. The molecule has 0 fully saturated rings. The fraction of sp³-hybridized carbons (Fsp3) is 0.0893. The average molecular weight is 1110 g/mol. The van der Waals surface area contributed by atoms with Crippen molar-refractivity contribution in [2.24, 2.45) is 5.73 Å². The number of thiol groups is 1. The highest BCUT2D eigenvalue weighted by Gasteiger charge is 2.24. The third-order valence-corrected chi connectivity index (χ3v) is 18.9. The maximum atomic E-state index is 13.2. The molecule has 0 amide bonds. The minimum atomic E-state index is -3.65. The molecule has 0 spiro atoms. The molecular formula is C56H46BrClN4O2S6. The van der Waals surface area contributed by atoms with Gasteiger partial charge in [0.2, 0.25) is 9.84 Å². The minimum Gasteiger partial charge on any atom is -0.325 e. The van der Waals surface area contributed by atoms with Crippen LogP contribution in [0.25, 0.3) is 64.6 Å². The lowest BCUT2D eigenvalue weighted by atomic mass is 10.0. The number of hydrogen-bond acceptors (Lipinski definition) is 11. The second kappa shape index (κ2) is 23.4. The highest BCUT2D eigenvalue weighted by Crippen LogP contribution is 2.40. The maximum absolute atomic E-state index is 13.2. The van der Waals surface area contributed by atoms with E-state index in [0.29, 0.717) is 9.90 Å². The molecule has 9 aromatic carbocycles. The number of fused-ring (bicyclic) bond motifs is 9. The summed E-state index contributed by atoms with van der Waals surface area (Å²) in [6, 6.07) is 55.6. The lowest BCUT2D eigenvalue weighted by Gasteiger charge is -2.10.